The topological polar surface area (TPSA) is 45.2 Å². The van der Waals surface area contributed by atoms with Crippen LogP contribution in [0.3, 0.4) is 0 Å². The molecule has 18 heavy (non-hydrogen) atoms. The number of fused-ring (bicyclic) bond motifs is 1. The molecule has 1 amide bonds. The zero-order valence-electron chi connectivity index (χ0n) is 10.1. The molecule has 2 fully saturated rings. The van der Waals surface area contributed by atoms with E-state index >= 15 is 0 Å². The first-order valence-corrected chi connectivity index (χ1v) is 6.77. The second-order valence-corrected chi connectivity index (χ2v) is 5.41. The average Bonchev–Trinajstić information content (AvgIpc) is 2.38. The molecule has 2 aliphatic rings. The SMILES string of the molecule is O=C1CCC2CN(c3cccc(Cl)n3)CCC2N1. The van der Waals surface area contributed by atoms with Gasteiger partial charge in [-0.2, -0.15) is 0 Å². The average molecular weight is 266 g/mol. The van der Waals surface area contributed by atoms with E-state index in [2.05, 4.69) is 15.2 Å². The first-order valence-electron chi connectivity index (χ1n) is 6.39. The maximum Gasteiger partial charge on any atom is 0.220 e. The number of nitrogens with one attached hydrogen (secondary N) is 1. The van der Waals surface area contributed by atoms with Crippen LogP contribution in [0.4, 0.5) is 5.82 Å². The number of halogens is 1. The molecule has 0 aliphatic carbocycles. The number of amides is 1. The number of aromatic nitrogens is 1. The molecule has 0 bridgehead atoms. The van der Waals surface area contributed by atoms with Gasteiger partial charge in [0.2, 0.25) is 5.91 Å². The minimum atomic E-state index is 0.200. The first kappa shape index (κ1) is 11.8. The highest BCUT2D eigenvalue weighted by atomic mass is 35.5. The fourth-order valence-electron chi connectivity index (χ4n) is 2.89. The second-order valence-electron chi connectivity index (χ2n) is 5.03. The number of carbonyl (C=O) groups is 1. The van der Waals surface area contributed by atoms with Gasteiger partial charge in [-0.05, 0) is 30.9 Å². The van der Waals surface area contributed by atoms with Crippen LogP contribution in [0.15, 0.2) is 18.2 Å². The third kappa shape index (κ3) is 2.29. The van der Waals surface area contributed by atoms with Crippen LogP contribution in [0.1, 0.15) is 19.3 Å². The number of rotatable bonds is 1. The van der Waals surface area contributed by atoms with E-state index in [1.807, 2.05) is 12.1 Å². The van der Waals surface area contributed by atoms with E-state index in [4.69, 9.17) is 11.6 Å². The van der Waals surface area contributed by atoms with Crippen molar-refractivity contribution < 1.29 is 4.79 Å². The summed E-state index contributed by atoms with van der Waals surface area (Å²) in [5.41, 5.74) is 0. The molecule has 3 rings (SSSR count). The summed E-state index contributed by atoms with van der Waals surface area (Å²) in [6, 6.07) is 6.06. The molecule has 96 valence electrons. The molecule has 0 spiro atoms. The van der Waals surface area contributed by atoms with Gasteiger partial charge in [0, 0.05) is 25.6 Å². The molecule has 3 heterocycles. The van der Waals surface area contributed by atoms with Crippen molar-refractivity contribution in [2.45, 2.75) is 25.3 Å². The van der Waals surface area contributed by atoms with Crippen LogP contribution in [-0.4, -0.2) is 30.0 Å². The molecule has 1 aromatic heterocycles. The monoisotopic (exact) mass is 265 g/mol. The fraction of sp³-hybridized carbons (Fsp3) is 0.538. The van der Waals surface area contributed by atoms with Gasteiger partial charge >= 0.3 is 0 Å². The minimum absolute atomic E-state index is 0.200. The lowest BCUT2D eigenvalue weighted by atomic mass is 9.85. The van der Waals surface area contributed by atoms with E-state index in [-0.39, 0.29) is 5.91 Å². The van der Waals surface area contributed by atoms with Crippen LogP contribution >= 0.6 is 11.6 Å². The highest BCUT2D eigenvalue weighted by Crippen LogP contribution is 2.28. The van der Waals surface area contributed by atoms with Gasteiger partial charge in [0.05, 0.1) is 0 Å². The molecule has 2 saturated heterocycles. The van der Waals surface area contributed by atoms with Crippen LogP contribution in [0.2, 0.25) is 5.15 Å². The van der Waals surface area contributed by atoms with E-state index in [1.165, 1.54) is 0 Å². The van der Waals surface area contributed by atoms with Crippen molar-refractivity contribution in [1.29, 1.82) is 0 Å². The Morgan fingerprint density at radius 2 is 2.28 bits per heavy atom. The Kier molecular flexibility index (Phi) is 3.12. The van der Waals surface area contributed by atoms with Crippen LogP contribution in [0.5, 0.6) is 0 Å². The van der Waals surface area contributed by atoms with Gasteiger partial charge in [-0.25, -0.2) is 4.98 Å². The van der Waals surface area contributed by atoms with Crippen molar-refractivity contribution in [2.24, 2.45) is 5.92 Å². The van der Waals surface area contributed by atoms with E-state index in [9.17, 15) is 4.79 Å². The normalized spacial score (nSPS) is 27.6. The van der Waals surface area contributed by atoms with Crippen molar-refractivity contribution in [3.63, 3.8) is 0 Å². The minimum Gasteiger partial charge on any atom is -0.356 e. The molecule has 2 aliphatic heterocycles. The molecular weight excluding hydrogens is 250 g/mol. The van der Waals surface area contributed by atoms with Gasteiger partial charge < -0.3 is 10.2 Å². The Morgan fingerprint density at radius 3 is 3.11 bits per heavy atom. The van der Waals surface area contributed by atoms with Gasteiger partial charge in [-0.1, -0.05) is 17.7 Å². The highest BCUT2D eigenvalue weighted by molar-refractivity contribution is 6.29. The van der Waals surface area contributed by atoms with Gasteiger partial charge in [-0.3, -0.25) is 4.79 Å². The zero-order chi connectivity index (χ0) is 12.5. The Labute approximate surface area is 111 Å². The predicted octanol–water partition coefficient (Wildman–Crippen LogP) is 1.84. The van der Waals surface area contributed by atoms with Crippen molar-refractivity contribution in [1.82, 2.24) is 10.3 Å². The molecule has 4 nitrogen and oxygen atoms in total. The van der Waals surface area contributed by atoms with Crippen molar-refractivity contribution in [3.05, 3.63) is 23.4 Å². The summed E-state index contributed by atoms with van der Waals surface area (Å²) in [4.78, 5) is 18.0. The lowest BCUT2D eigenvalue weighted by Gasteiger charge is -2.41. The summed E-state index contributed by atoms with van der Waals surface area (Å²) >= 11 is 5.93. The van der Waals surface area contributed by atoms with Crippen LogP contribution < -0.4 is 10.2 Å². The zero-order valence-corrected chi connectivity index (χ0v) is 10.9. The van der Waals surface area contributed by atoms with Gasteiger partial charge in [-0.15, -0.1) is 0 Å². The lowest BCUT2D eigenvalue weighted by molar-refractivity contribution is -0.124. The van der Waals surface area contributed by atoms with Gasteiger partial charge in [0.25, 0.3) is 0 Å². The molecule has 0 aromatic carbocycles. The summed E-state index contributed by atoms with van der Waals surface area (Å²) in [6.45, 7) is 1.88. The number of hydrogen-bond donors (Lipinski definition) is 1. The maximum absolute atomic E-state index is 11.4. The van der Waals surface area contributed by atoms with E-state index in [0.717, 1.165) is 31.7 Å². The summed E-state index contributed by atoms with van der Waals surface area (Å²) < 4.78 is 0. The summed E-state index contributed by atoms with van der Waals surface area (Å²) in [5.74, 6) is 1.68. The van der Waals surface area contributed by atoms with Crippen molar-refractivity contribution >= 4 is 23.3 Å². The van der Waals surface area contributed by atoms with Crippen LogP contribution in [0.25, 0.3) is 0 Å². The fourth-order valence-corrected chi connectivity index (χ4v) is 3.05. The second kappa shape index (κ2) is 4.76. The molecule has 2 unspecified atom stereocenters. The Hall–Kier alpha value is -1.29. The largest absolute Gasteiger partial charge is 0.356 e. The molecule has 0 saturated carbocycles. The molecule has 1 N–H and O–H groups in total. The van der Waals surface area contributed by atoms with Crippen molar-refractivity contribution in [3.8, 4) is 0 Å². The van der Waals surface area contributed by atoms with Crippen LogP contribution in [0, 0.1) is 5.92 Å². The molecular formula is C13H16ClN3O. The quantitative estimate of drug-likeness (QED) is 0.788. The maximum atomic E-state index is 11.4. The number of piperidine rings is 2. The third-order valence-corrected chi connectivity index (χ3v) is 4.06. The number of anilines is 1. The van der Waals surface area contributed by atoms with E-state index < -0.39 is 0 Å². The number of pyridine rings is 1. The summed E-state index contributed by atoms with van der Waals surface area (Å²) in [7, 11) is 0. The highest BCUT2D eigenvalue weighted by Gasteiger charge is 2.34. The first-order chi connectivity index (χ1) is 8.72. The van der Waals surface area contributed by atoms with Crippen molar-refractivity contribution in [2.75, 3.05) is 18.0 Å². The van der Waals surface area contributed by atoms with Gasteiger partial charge in [0.1, 0.15) is 11.0 Å². The summed E-state index contributed by atoms with van der Waals surface area (Å²) in [6.07, 6.45) is 2.62. The Balaban J connectivity index is 1.72. The standard InChI is InChI=1S/C13H16ClN3O/c14-11-2-1-3-12(16-11)17-7-6-10-9(8-17)4-5-13(18)15-10/h1-3,9-10H,4-8H2,(H,15,18). The number of hydrogen-bond acceptors (Lipinski definition) is 3. The van der Waals surface area contributed by atoms with E-state index in [0.29, 0.717) is 23.5 Å². The number of nitrogens with zero attached hydrogens (tertiary/aromatic N) is 2. The molecule has 0 radical (unpaired) electrons. The van der Waals surface area contributed by atoms with E-state index in [1.54, 1.807) is 6.07 Å². The Bertz CT molecular complexity index is 465. The Morgan fingerprint density at radius 1 is 1.39 bits per heavy atom. The predicted molar refractivity (Wildman–Crippen MR) is 70.7 cm³/mol. The smallest absolute Gasteiger partial charge is 0.220 e. The third-order valence-electron chi connectivity index (χ3n) is 3.85. The summed E-state index contributed by atoms with van der Waals surface area (Å²) in [5, 5.41) is 3.62. The van der Waals surface area contributed by atoms with Crippen LogP contribution in [-0.2, 0) is 4.79 Å². The molecule has 1 aromatic rings. The molecule has 2 atom stereocenters. The van der Waals surface area contributed by atoms with Gasteiger partial charge in [0.15, 0.2) is 0 Å². The molecule has 5 heteroatoms. The number of carbonyl (C=O) groups excluding carboxylic acids is 1. The lowest BCUT2D eigenvalue weighted by Crippen LogP contribution is -2.54.